The molecule has 0 bridgehead atoms. The Hall–Kier alpha value is -3.32. The first-order chi connectivity index (χ1) is 12.6. The molecule has 0 fully saturated rings. The fourth-order valence-corrected chi connectivity index (χ4v) is 3.17. The van der Waals surface area contributed by atoms with Crippen LogP contribution in [-0.2, 0) is 0 Å². The van der Waals surface area contributed by atoms with Gasteiger partial charge in [-0.2, -0.15) is 0 Å². The van der Waals surface area contributed by atoms with Crippen LogP contribution >= 0.6 is 12.2 Å². The third kappa shape index (κ3) is 2.78. The lowest BCUT2D eigenvalue weighted by atomic mass is 10.2. The Morgan fingerprint density at radius 3 is 2.42 bits per heavy atom. The van der Waals surface area contributed by atoms with Gasteiger partial charge in [-0.15, -0.1) is 0 Å². The number of fused-ring (bicyclic) bond motifs is 1. The van der Waals surface area contributed by atoms with Crippen molar-refractivity contribution in [3.8, 4) is 0 Å². The molecule has 4 N–H and O–H groups in total. The third-order valence-electron chi connectivity index (χ3n) is 4.22. The highest BCUT2D eigenvalue weighted by atomic mass is 32.1. The van der Waals surface area contributed by atoms with Crippen molar-refractivity contribution in [2.24, 2.45) is 16.5 Å². The molecule has 1 aliphatic rings. The van der Waals surface area contributed by atoms with E-state index in [-0.39, 0.29) is 5.11 Å². The van der Waals surface area contributed by atoms with Gasteiger partial charge < -0.3 is 20.8 Å². The van der Waals surface area contributed by atoms with Gasteiger partial charge >= 0.3 is 0 Å². The summed E-state index contributed by atoms with van der Waals surface area (Å²) in [7, 11) is 0. The van der Waals surface area contributed by atoms with Crippen molar-refractivity contribution in [3.63, 3.8) is 0 Å². The molecule has 1 aromatic heterocycles. The third-order valence-corrected chi connectivity index (χ3v) is 4.40. The van der Waals surface area contributed by atoms with Gasteiger partial charge in [0, 0.05) is 17.1 Å². The number of hydrogen-bond acceptors (Lipinski definition) is 5. The molecule has 7 heteroatoms. The van der Waals surface area contributed by atoms with Crippen LogP contribution in [0.1, 0.15) is 0 Å². The maximum absolute atomic E-state index is 6.28. The summed E-state index contributed by atoms with van der Waals surface area (Å²) < 4.78 is 5.31. The lowest BCUT2D eigenvalue weighted by molar-refractivity contribution is 0.500. The smallest absolute Gasteiger partial charge is 0.226 e. The minimum atomic E-state index is 0.283. The molecule has 0 saturated carbocycles. The molecule has 1 aliphatic heterocycles. The van der Waals surface area contributed by atoms with E-state index in [2.05, 4.69) is 4.99 Å². The fourth-order valence-electron chi connectivity index (χ4n) is 2.96. The number of rotatable bonds is 3. The second kappa shape index (κ2) is 6.53. The minimum absolute atomic E-state index is 0.283. The number of benzene rings is 2. The summed E-state index contributed by atoms with van der Waals surface area (Å²) in [6.45, 7) is 0.406. The molecule has 0 radical (unpaired) electrons. The highest BCUT2D eigenvalue weighted by Gasteiger charge is 2.17. The zero-order valence-electron chi connectivity index (χ0n) is 13.9. The Morgan fingerprint density at radius 2 is 1.73 bits per heavy atom. The van der Waals surface area contributed by atoms with Gasteiger partial charge in [0.25, 0.3) is 0 Å². The van der Waals surface area contributed by atoms with Gasteiger partial charge in [0.1, 0.15) is 12.5 Å². The molecule has 2 heterocycles. The molecule has 3 aromatic rings. The number of anilines is 3. The number of para-hydroxylation sites is 1. The Morgan fingerprint density at radius 1 is 1.04 bits per heavy atom. The van der Waals surface area contributed by atoms with Gasteiger partial charge in [-0.3, -0.25) is 4.90 Å². The van der Waals surface area contributed by atoms with Crippen molar-refractivity contribution in [3.05, 3.63) is 77.7 Å². The fraction of sp³-hybridized carbons (Fsp3) is 0.0526. The monoisotopic (exact) mass is 363 g/mol. The van der Waals surface area contributed by atoms with E-state index in [1.807, 2.05) is 70.5 Å². The van der Waals surface area contributed by atoms with Gasteiger partial charge in [0.15, 0.2) is 5.11 Å². The van der Waals surface area contributed by atoms with E-state index >= 15 is 0 Å². The molecular formula is C19H17N5OS. The van der Waals surface area contributed by atoms with E-state index in [9.17, 15) is 0 Å². The highest BCUT2D eigenvalue weighted by Crippen LogP contribution is 2.28. The van der Waals surface area contributed by atoms with Crippen LogP contribution in [0.2, 0.25) is 0 Å². The summed E-state index contributed by atoms with van der Waals surface area (Å²) in [6, 6.07) is 19.4. The maximum Gasteiger partial charge on any atom is 0.226 e. The van der Waals surface area contributed by atoms with Gasteiger partial charge in [0.05, 0.1) is 11.5 Å². The number of nitrogens with two attached hydrogens (primary N) is 2. The SMILES string of the molecule is NC(=S)N(c1ccccc1)c1ccc(N2CN=c3occc3=C2N)cc1. The molecule has 0 aliphatic carbocycles. The Bertz CT molecular complexity index is 1060. The van der Waals surface area contributed by atoms with E-state index < -0.39 is 0 Å². The summed E-state index contributed by atoms with van der Waals surface area (Å²) in [6.07, 6.45) is 1.59. The predicted molar refractivity (Wildman–Crippen MR) is 106 cm³/mol. The lowest BCUT2D eigenvalue weighted by Crippen LogP contribution is -2.42. The van der Waals surface area contributed by atoms with Crippen LogP contribution in [0.4, 0.5) is 17.1 Å². The largest absolute Gasteiger partial charge is 0.446 e. The standard InChI is InChI=1S/C19H17N5OS/c20-17-16-10-11-25-18(16)22-12-23(17)13-6-8-15(9-7-13)24(19(21)26)14-4-2-1-3-5-14/h1-11H,12,20H2,(H2,21,26). The van der Waals surface area contributed by atoms with Crippen LogP contribution in [-0.4, -0.2) is 11.8 Å². The first kappa shape index (κ1) is 16.2. The Labute approximate surface area is 155 Å². The van der Waals surface area contributed by atoms with Crippen LogP contribution in [0.25, 0.3) is 5.82 Å². The van der Waals surface area contributed by atoms with E-state index in [1.54, 1.807) is 6.26 Å². The number of hydrogen-bond donors (Lipinski definition) is 2. The van der Waals surface area contributed by atoms with E-state index in [1.165, 1.54) is 0 Å². The molecule has 4 rings (SSSR count). The van der Waals surface area contributed by atoms with Crippen molar-refractivity contribution >= 4 is 40.2 Å². The van der Waals surface area contributed by atoms with Crippen LogP contribution in [0.5, 0.6) is 0 Å². The molecular weight excluding hydrogens is 346 g/mol. The molecule has 26 heavy (non-hydrogen) atoms. The average molecular weight is 363 g/mol. The summed E-state index contributed by atoms with van der Waals surface area (Å²) in [5, 5.41) is 1.08. The predicted octanol–water partition coefficient (Wildman–Crippen LogP) is 1.78. The van der Waals surface area contributed by atoms with E-state index in [0.717, 1.165) is 22.3 Å². The second-order valence-electron chi connectivity index (χ2n) is 5.78. The zero-order chi connectivity index (χ0) is 18.1. The molecule has 0 saturated heterocycles. The zero-order valence-corrected chi connectivity index (χ0v) is 14.7. The van der Waals surface area contributed by atoms with Crippen LogP contribution in [0.3, 0.4) is 0 Å². The van der Waals surface area contributed by atoms with Gasteiger partial charge in [-0.05, 0) is 54.7 Å². The molecule has 0 spiro atoms. The van der Waals surface area contributed by atoms with Crippen LogP contribution in [0.15, 0.2) is 76.3 Å². The molecule has 0 unspecified atom stereocenters. The summed E-state index contributed by atoms with van der Waals surface area (Å²) in [5.74, 6) is 0.616. The second-order valence-corrected chi connectivity index (χ2v) is 6.20. The van der Waals surface area contributed by atoms with E-state index in [0.29, 0.717) is 18.0 Å². The number of furan rings is 1. The van der Waals surface area contributed by atoms with Crippen molar-refractivity contribution in [2.75, 3.05) is 16.5 Å². The maximum atomic E-state index is 6.28. The van der Waals surface area contributed by atoms with Gasteiger partial charge in [-0.25, -0.2) is 4.99 Å². The van der Waals surface area contributed by atoms with Crippen molar-refractivity contribution < 1.29 is 4.42 Å². The Balaban J connectivity index is 1.68. The first-order valence-electron chi connectivity index (χ1n) is 8.05. The molecule has 6 nitrogen and oxygen atoms in total. The lowest BCUT2D eigenvalue weighted by Gasteiger charge is -2.26. The molecule has 130 valence electrons. The summed E-state index contributed by atoms with van der Waals surface area (Å²) in [5.41, 5.74) is 15.5. The van der Waals surface area contributed by atoms with Gasteiger partial charge in [-0.1, -0.05) is 18.2 Å². The van der Waals surface area contributed by atoms with Crippen molar-refractivity contribution in [1.82, 2.24) is 0 Å². The Kier molecular flexibility index (Phi) is 4.06. The number of nitrogens with zero attached hydrogens (tertiary/aromatic N) is 3. The average Bonchev–Trinajstić information content (AvgIpc) is 3.13. The van der Waals surface area contributed by atoms with E-state index in [4.69, 9.17) is 28.1 Å². The first-order valence-corrected chi connectivity index (χ1v) is 8.46. The molecule has 2 aromatic carbocycles. The minimum Gasteiger partial charge on any atom is -0.446 e. The van der Waals surface area contributed by atoms with Crippen molar-refractivity contribution in [1.29, 1.82) is 0 Å². The quantitative estimate of drug-likeness (QED) is 0.690. The molecule has 0 atom stereocenters. The van der Waals surface area contributed by atoms with Gasteiger partial charge in [0.2, 0.25) is 5.55 Å². The summed E-state index contributed by atoms with van der Waals surface area (Å²) in [4.78, 5) is 8.15. The normalized spacial score (nSPS) is 13.1. The van der Waals surface area contributed by atoms with Crippen LogP contribution < -0.4 is 32.0 Å². The topological polar surface area (TPSA) is 84.0 Å². The summed E-state index contributed by atoms with van der Waals surface area (Å²) >= 11 is 5.24. The number of thiocarbonyl (C=S) groups is 1. The van der Waals surface area contributed by atoms with Crippen LogP contribution in [0, 0.1) is 0 Å². The molecule has 0 amide bonds. The van der Waals surface area contributed by atoms with Crippen molar-refractivity contribution in [2.45, 2.75) is 0 Å². The highest BCUT2D eigenvalue weighted by molar-refractivity contribution is 7.80.